The smallest absolute Gasteiger partial charge is 0.222 e. The summed E-state index contributed by atoms with van der Waals surface area (Å²) in [6.07, 6.45) is 3.13. The van der Waals surface area contributed by atoms with Crippen molar-refractivity contribution >= 4 is 28.5 Å². The molecule has 1 saturated heterocycles. The number of carbonyl (C=O) groups is 1. The molecule has 5 nitrogen and oxygen atoms in total. The molecule has 0 atom stereocenters. The fraction of sp³-hybridized carbons (Fsp3) is 0.391. The second kappa shape index (κ2) is 8.87. The van der Waals surface area contributed by atoms with Gasteiger partial charge in [0.15, 0.2) is 0 Å². The van der Waals surface area contributed by atoms with Crippen molar-refractivity contribution in [3.63, 3.8) is 0 Å². The summed E-state index contributed by atoms with van der Waals surface area (Å²) in [5.41, 5.74) is 3.08. The first-order chi connectivity index (χ1) is 14.1. The molecule has 3 aromatic rings. The van der Waals surface area contributed by atoms with Crippen molar-refractivity contribution in [1.29, 1.82) is 0 Å². The molecule has 152 valence electrons. The number of benzene rings is 2. The second-order valence-corrected chi connectivity index (χ2v) is 8.06. The molecule has 0 spiro atoms. The Balaban J connectivity index is 1.21. The second-order valence-electron chi connectivity index (χ2n) is 7.66. The van der Waals surface area contributed by atoms with Gasteiger partial charge in [-0.25, -0.2) is 4.98 Å². The van der Waals surface area contributed by atoms with Crippen LogP contribution >= 0.6 is 11.6 Å². The van der Waals surface area contributed by atoms with Gasteiger partial charge < -0.3 is 14.6 Å². The predicted molar refractivity (Wildman–Crippen MR) is 116 cm³/mol. The number of halogens is 1. The molecule has 6 heteroatoms. The van der Waals surface area contributed by atoms with Crippen molar-refractivity contribution < 1.29 is 9.53 Å². The molecule has 1 amide bonds. The highest BCUT2D eigenvalue weighted by Crippen LogP contribution is 2.28. The third-order valence-electron chi connectivity index (χ3n) is 5.58. The number of piperidine rings is 1. The number of rotatable bonds is 6. The number of carbonyl (C=O) groups excluding carboxylic acids is 1. The number of imidazole rings is 1. The van der Waals surface area contributed by atoms with Crippen molar-refractivity contribution in [1.82, 2.24) is 14.9 Å². The molecule has 1 aliphatic heterocycles. The number of H-pyrrole nitrogens is 1. The van der Waals surface area contributed by atoms with Gasteiger partial charge in [0.2, 0.25) is 5.91 Å². The number of hydrogen-bond donors (Lipinski definition) is 1. The Bertz CT molecular complexity index is 960. The normalized spacial score (nSPS) is 15.0. The predicted octanol–water partition coefficient (Wildman–Crippen LogP) is 5.09. The van der Waals surface area contributed by atoms with Crippen LogP contribution in [-0.4, -0.2) is 40.5 Å². The number of fused-ring (bicyclic) bond motifs is 1. The number of nitrogens with one attached hydrogen (secondary N) is 1. The fourth-order valence-electron chi connectivity index (χ4n) is 3.85. The maximum atomic E-state index is 12.5. The molecule has 29 heavy (non-hydrogen) atoms. The van der Waals surface area contributed by atoms with Crippen LogP contribution in [0.15, 0.2) is 42.5 Å². The van der Waals surface area contributed by atoms with E-state index in [1.807, 2.05) is 48.2 Å². The molecular weight excluding hydrogens is 386 g/mol. The van der Waals surface area contributed by atoms with Crippen LogP contribution in [0.1, 0.15) is 43.0 Å². The topological polar surface area (TPSA) is 58.2 Å². The zero-order valence-electron chi connectivity index (χ0n) is 16.7. The van der Waals surface area contributed by atoms with E-state index in [0.29, 0.717) is 25.4 Å². The molecule has 2 aromatic carbocycles. The third-order valence-corrected chi connectivity index (χ3v) is 6.00. The lowest BCUT2D eigenvalue weighted by Crippen LogP contribution is -2.38. The summed E-state index contributed by atoms with van der Waals surface area (Å²) in [6, 6.07) is 13.7. The molecule has 0 bridgehead atoms. The highest BCUT2D eigenvalue weighted by Gasteiger charge is 2.25. The molecular formula is C23H26ClN3O2. The largest absolute Gasteiger partial charge is 0.494 e. The Kier molecular flexibility index (Phi) is 6.05. The van der Waals surface area contributed by atoms with Gasteiger partial charge in [0, 0.05) is 30.5 Å². The van der Waals surface area contributed by atoms with Crippen LogP contribution in [-0.2, 0) is 4.79 Å². The fourth-order valence-corrected chi connectivity index (χ4v) is 3.96. The molecule has 0 radical (unpaired) electrons. The number of ether oxygens (including phenoxy) is 1. The zero-order chi connectivity index (χ0) is 20.2. The van der Waals surface area contributed by atoms with E-state index in [2.05, 4.69) is 11.1 Å². The standard InChI is InChI=1S/C23H26ClN3O2/c1-16-15-18(8-9-19(16)24)29-14-4-7-22(28)27-12-10-17(11-13-27)23-25-20-5-2-3-6-21(20)26-23/h2-3,5-6,8-9,15,17H,4,7,10-14H2,1H3,(H,25,26). The number of aromatic nitrogens is 2. The van der Waals surface area contributed by atoms with Crippen molar-refractivity contribution in [3.05, 3.63) is 58.9 Å². The van der Waals surface area contributed by atoms with Gasteiger partial charge >= 0.3 is 0 Å². The Hall–Kier alpha value is -2.53. The number of aryl methyl sites for hydroxylation is 1. The van der Waals surface area contributed by atoms with Gasteiger partial charge in [-0.1, -0.05) is 23.7 Å². The van der Waals surface area contributed by atoms with Gasteiger partial charge in [-0.2, -0.15) is 0 Å². The minimum absolute atomic E-state index is 0.212. The molecule has 0 saturated carbocycles. The average molecular weight is 412 g/mol. The summed E-state index contributed by atoms with van der Waals surface area (Å²) in [6.45, 7) is 4.06. The van der Waals surface area contributed by atoms with Crippen LogP contribution in [0.5, 0.6) is 5.75 Å². The summed E-state index contributed by atoms with van der Waals surface area (Å²) in [4.78, 5) is 22.7. The number of hydrogen-bond acceptors (Lipinski definition) is 3. The summed E-state index contributed by atoms with van der Waals surface area (Å²) in [5.74, 6) is 2.45. The monoisotopic (exact) mass is 411 g/mol. The highest BCUT2D eigenvalue weighted by molar-refractivity contribution is 6.31. The van der Waals surface area contributed by atoms with Gasteiger partial charge in [0.05, 0.1) is 17.6 Å². The number of likely N-dealkylation sites (tertiary alicyclic amines) is 1. The molecule has 1 aliphatic rings. The molecule has 1 fully saturated rings. The van der Waals surface area contributed by atoms with Gasteiger partial charge in [-0.15, -0.1) is 0 Å². The van der Waals surface area contributed by atoms with Crippen LogP contribution in [0, 0.1) is 6.92 Å². The molecule has 1 N–H and O–H groups in total. The summed E-state index contributed by atoms with van der Waals surface area (Å²) in [7, 11) is 0. The van der Waals surface area contributed by atoms with Crippen molar-refractivity contribution in [3.8, 4) is 5.75 Å². The molecule has 4 rings (SSSR count). The maximum Gasteiger partial charge on any atom is 0.222 e. The Morgan fingerprint density at radius 2 is 2.03 bits per heavy atom. The minimum Gasteiger partial charge on any atom is -0.494 e. The third kappa shape index (κ3) is 4.73. The number of aromatic amines is 1. The Morgan fingerprint density at radius 3 is 2.79 bits per heavy atom. The number of para-hydroxylation sites is 2. The van der Waals surface area contributed by atoms with E-state index in [4.69, 9.17) is 21.3 Å². The van der Waals surface area contributed by atoms with E-state index in [-0.39, 0.29) is 5.91 Å². The van der Waals surface area contributed by atoms with Crippen LogP contribution < -0.4 is 4.74 Å². The van der Waals surface area contributed by atoms with Crippen LogP contribution in [0.4, 0.5) is 0 Å². The van der Waals surface area contributed by atoms with Crippen LogP contribution in [0.2, 0.25) is 5.02 Å². The number of nitrogens with zero attached hydrogens (tertiary/aromatic N) is 2. The minimum atomic E-state index is 0.212. The first-order valence-electron chi connectivity index (χ1n) is 10.2. The van der Waals surface area contributed by atoms with Crippen molar-refractivity contribution in [2.75, 3.05) is 19.7 Å². The maximum absolute atomic E-state index is 12.5. The lowest BCUT2D eigenvalue weighted by molar-refractivity contribution is -0.132. The Morgan fingerprint density at radius 1 is 1.24 bits per heavy atom. The lowest BCUT2D eigenvalue weighted by Gasteiger charge is -2.31. The molecule has 0 unspecified atom stereocenters. The van der Waals surface area contributed by atoms with Crippen LogP contribution in [0.25, 0.3) is 11.0 Å². The molecule has 2 heterocycles. The van der Waals surface area contributed by atoms with Crippen LogP contribution in [0.3, 0.4) is 0 Å². The SMILES string of the molecule is Cc1cc(OCCCC(=O)N2CCC(c3nc4ccccc4[nH]3)CC2)ccc1Cl. The van der Waals surface area contributed by atoms with Gasteiger partial charge in [0.25, 0.3) is 0 Å². The number of amides is 1. The van der Waals surface area contributed by atoms with Gasteiger partial charge in [-0.05, 0) is 62.1 Å². The van der Waals surface area contributed by atoms with Crippen molar-refractivity contribution in [2.24, 2.45) is 0 Å². The quantitative estimate of drug-likeness (QED) is 0.575. The van der Waals surface area contributed by atoms with E-state index in [1.54, 1.807) is 0 Å². The van der Waals surface area contributed by atoms with E-state index >= 15 is 0 Å². The van der Waals surface area contributed by atoms with Crippen molar-refractivity contribution in [2.45, 2.75) is 38.5 Å². The van der Waals surface area contributed by atoms with E-state index in [9.17, 15) is 4.79 Å². The molecule has 0 aliphatic carbocycles. The Labute approximate surface area is 176 Å². The van der Waals surface area contributed by atoms with E-state index < -0.39 is 0 Å². The summed E-state index contributed by atoms with van der Waals surface area (Å²) in [5, 5.41) is 0.735. The average Bonchev–Trinajstić information content (AvgIpc) is 3.18. The lowest BCUT2D eigenvalue weighted by atomic mass is 9.96. The first kappa shape index (κ1) is 19.8. The van der Waals surface area contributed by atoms with Gasteiger partial charge in [-0.3, -0.25) is 4.79 Å². The summed E-state index contributed by atoms with van der Waals surface area (Å²) < 4.78 is 5.74. The molecule has 1 aromatic heterocycles. The van der Waals surface area contributed by atoms with E-state index in [1.165, 1.54) is 0 Å². The first-order valence-corrected chi connectivity index (χ1v) is 10.6. The zero-order valence-corrected chi connectivity index (χ0v) is 17.4. The highest BCUT2D eigenvalue weighted by atomic mass is 35.5. The van der Waals surface area contributed by atoms with Gasteiger partial charge in [0.1, 0.15) is 11.6 Å². The van der Waals surface area contributed by atoms with E-state index in [0.717, 1.165) is 59.1 Å². The summed E-state index contributed by atoms with van der Waals surface area (Å²) >= 11 is 6.03.